The highest BCUT2D eigenvalue weighted by Gasteiger charge is 2.50. The molecule has 73 heavy (non-hydrogen) atoms. The first-order chi connectivity index (χ1) is 35.1. The number of anilines is 3. The molecule has 0 bridgehead atoms. The number of carbonyl (C=O) groups is 1. The number of piperazine rings is 1. The lowest BCUT2D eigenvalue weighted by Crippen LogP contribution is -2.59. The summed E-state index contributed by atoms with van der Waals surface area (Å²) in [6.45, 7) is 14.3. The third-order valence-electron chi connectivity index (χ3n) is 16.3. The van der Waals surface area contributed by atoms with Crippen molar-refractivity contribution in [1.82, 2.24) is 19.5 Å². The largest absolute Gasteiger partial charge is 0.493 e. The number of amides is 1. The number of rotatable bonds is 14. The molecule has 1 spiro atoms. The highest BCUT2D eigenvalue weighted by atomic mass is 32.2. The smallest absolute Gasteiger partial charge is 0.297 e. The Balaban J connectivity index is 0.754. The Hall–Kier alpha value is -5.73. The number of para-hydroxylation sites is 1. The average Bonchev–Trinajstić information content (AvgIpc) is 3.37. The van der Waals surface area contributed by atoms with Crippen molar-refractivity contribution in [2.24, 2.45) is 11.3 Å². The van der Waals surface area contributed by atoms with E-state index in [1.807, 2.05) is 25.3 Å². The van der Waals surface area contributed by atoms with Gasteiger partial charge in [-0.15, -0.1) is 0 Å². The van der Waals surface area contributed by atoms with Crippen molar-refractivity contribution in [3.8, 4) is 17.2 Å². The van der Waals surface area contributed by atoms with E-state index in [4.69, 9.17) is 23.9 Å². The minimum absolute atomic E-state index is 0.0318. The Bertz CT molecular complexity index is 2750. The Labute approximate surface area is 428 Å². The molecule has 3 N–H and O–H groups in total. The molecule has 5 heterocycles. The van der Waals surface area contributed by atoms with Crippen molar-refractivity contribution in [2.45, 2.75) is 113 Å². The van der Waals surface area contributed by atoms with Crippen LogP contribution in [-0.2, 0) is 21.3 Å². The van der Waals surface area contributed by atoms with E-state index >= 15 is 0 Å². The minimum Gasteiger partial charge on any atom is -0.493 e. The van der Waals surface area contributed by atoms with Gasteiger partial charge in [0.05, 0.1) is 53.9 Å². The van der Waals surface area contributed by atoms with Crippen molar-refractivity contribution >= 4 is 38.8 Å². The number of benzene rings is 3. The topological polar surface area (TPSA) is 201 Å². The highest BCUT2D eigenvalue weighted by Crippen LogP contribution is 2.53. The standard InChI is InChI=1S/C54H70N8O10S/c1-36(2)72-47-8-6-5-7-43(47)46-34-58(33-37-27-49(69-4)51(55-32-37)60-23-25-70-26-24-60)21-22-61(46)41-30-54(31-41)17-19-59(20-18-54)40-11-9-39(10-12-40)52(63)57-73(67,68)42-28-45(62(65)66)50-48(29-42)71-35-44(56-50)38-13-15-53(3,64)16-14-38/h5-12,27-29,32,36,38,41,44,46,56,64H,13-26,30-31,33-35H2,1-4H3,(H,57,63)/t38?,44-,46-,53?/m1/s1. The van der Waals surface area contributed by atoms with E-state index in [2.05, 4.69) is 73.8 Å². The summed E-state index contributed by atoms with van der Waals surface area (Å²) in [4.78, 5) is 39.3. The minimum atomic E-state index is -4.52. The van der Waals surface area contributed by atoms with Crippen LogP contribution in [0.2, 0.25) is 0 Å². The van der Waals surface area contributed by atoms with Gasteiger partial charge >= 0.3 is 0 Å². The lowest BCUT2D eigenvalue weighted by molar-refractivity contribution is -0.384. The van der Waals surface area contributed by atoms with Crippen LogP contribution in [0.1, 0.15) is 99.7 Å². The molecule has 0 radical (unpaired) electrons. The molecule has 1 amide bonds. The number of hydrogen-bond donors (Lipinski definition) is 3. The SMILES string of the molecule is COc1cc(CN2CCN(C3CC4(CCN(c5ccc(C(=O)NS(=O)(=O)c6cc7c(c([N+](=O)[O-])c6)N[C@@H](C6CCC(C)(O)CC6)CO7)cc5)CC4)C3)[C@@H](c3ccccc3OC(C)C)C2)cnc1N1CCOCC1. The molecule has 2 aliphatic carbocycles. The van der Waals surface area contributed by atoms with Gasteiger partial charge in [0, 0.05) is 93.5 Å². The first-order valence-electron chi connectivity index (χ1n) is 26.0. The first-order valence-corrected chi connectivity index (χ1v) is 27.5. The molecule has 4 aromatic rings. The lowest BCUT2D eigenvalue weighted by atomic mass is 9.59. The fourth-order valence-electron chi connectivity index (χ4n) is 12.2. The zero-order valence-corrected chi connectivity index (χ0v) is 43.3. The number of aliphatic hydroxyl groups is 1. The summed E-state index contributed by atoms with van der Waals surface area (Å²) in [5.41, 5.74) is 2.62. The Morgan fingerprint density at radius 2 is 1.68 bits per heavy atom. The number of hydrogen-bond acceptors (Lipinski definition) is 16. The maximum Gasteiger partial charge on any atom is 0.297 e. The number of nitro benzene ring substituents is 1. The second-order valence-electron chi connectivity index (χ2n) is 21.7. The van der Waals surface area contributed by atoms with Gasteiger partial charge in [-0.2, -0.15) is 0 Å². The van der Waals surface area contributed by atoms with Crippen molar-refractivity contribution in [3.05, 3.63) is 99.7 Å². The molecule has 19 heteroatoms. The summed E-state index contributed by atoms with van der Waals surface area (Å²) in [5, 5.41) is 25.9. The van der Waals surface area contributed by atoms with E-state index in [0.29, 0.717) is 32.1 Å². The van der Waals surface area contributed by atoms with Crippen LogP contribution in [-0.4, -0.2) is 136 Å². The van der Waals surface area contributed by atoms with Crippen LogP contribution in [0.3, 0.4) is 0 Å². The molecule has 4 aliphatic heterocycles. The summed E-state index contributed by atoms with van der Waals surface area (Å²) in [5.74, 6) is 1.92. The van der Waals surface area contributed by atoms with Gasteiger partial charge < -0.3 is 39.2 Å². The van der Waals surface area contributed by atoms with Gasteiger partial charge in [0.15, 0.2) is 23.0 Å². The molecule has 2 saturated carbocycles. The number of methoxy groups -OCH3 is 1. The van der Waals surface area contributed by atoms with Crippen LogP contribution >= 0.6 is 0 Å². The molecular weight excluding hydrogens is 953 g/mol. The van der Waals surface area contributed by atoms with Gasteiger partial charge in [-0.3, -0.25) is 24.7 Å². The molecule has 6 aliphatic rings. The van der Waals surface area contributed by atoms with Gasteiger partial charge in [0.25, 0.3) is 21.6 Å². The van der Waals surface area contributed by atoms with E-state index in [1.165, 1.54) is 11.6 Å². The van der Waals surface area contributed by atoms with Crippen molar-refractivity contribution in [3.63, 3.8) is 0 Å². The molecule has 1 aromatic heterocycles. The highest BCUT2D eigenvalue weighted by molar-refractivity contribution is 7.90. The average molecular weight is 1020 g/mol. The Morgan fingerprint density at radius 1 is 0.959 bits per heavy atom. The summed E-state index contributed by atoms with van der Waals surface area (Å²) < 4.78 is 53.1. The fourth-order valence-corrected chi connectivity index (χ4v) is 13.2. The van der Waals surface area contributed by atoms with Crippen LogP contribution in [0.25, 0.3) is 0 Å². The predicted molar refractivity (Wildman–Crippen MR) is 277 cm³/mol. The molecular formula is C54H70N8O10S. The van der Waals surface area contributed by atoms with E-state index in [0.717, 1.165) is 126 Å². The van der Waals surface area contributed by atoms with Gasteiger partial charge in [0.2, 0.25) is 0 Å². The monoisotopic (exact) mass is 1020 g/mol. The van der Waals surface area contributed by atoms with E-state index in [1.54, 1.807) is 19.2 Å². The van der Waals surface area contributed by atoms with Gasteiger partial charge in [-0.25, -0.2) is 18.1 Å². The van der Waals surface area contributed by atoms with Gasteiger partial charge in [-0.1, -0.05) is 18.2 Å². The lowest BCUT2D eigenvalue weighted by Gasteiger charge is -2.58. The van der Waals surface area contributed by atoms with Crippen molar-refractivity contribution < 1.29 is 42.2 Å². The quantitative estimate of drug-likeness (QED) is 0.0848. The van der Waals surface area contributed by atoms with Gasteiger partial charge in [0.1, 0.15) is 12.4 Å². The number of fused-ring (bicyclic) bond motifs is 1. The number of sulfonamides is 1. The first kappa shape index (κ1) is 50.8. The Morgan fingerprint density at radius 3 is 2.38 bits per heavy atom. The fraction of sp³-hybridized carbons (Fsp3) is 0.556. The number of ether oxygens (including phenoxy) is 4. The summed E-state index contributed by atoms with van der Waals surface area (Å²) in [6.07, 6.45) is 9.08. The third kappa shape index (κ3) is 11.1. The van der Waals surface area contributed by atoms with Crippen molar-refractivity contribution in [1.29, 1.82) is 0 Å². The zero-order chi connectivity index (χ0) is 51.1. The normalized spacial score (nSPS) is 24.8. The molecule has 18 nitrogen and oxygen atoms in total. The Kier molecular flexibility index (Phi) is 14.5. The van der Waals surface area contributed by atoms with Crippen LogP contribution in [0.5, 0.6) is 17.2 Å². The molecule has 392 valence electrons. The third-order valence-corrected chi connectivity index (χ3v) is 17.6. The van der Waals surface area contributed by atoms with Gasteiger partial charge in [-0.05, 0) is 125 Å². The number of nitrogens with one attached hydrogen (secondary N) is 2. The number of nitro groups is 1. The number of morpholine rings is 1. The number of aromatic nitrogens is 1. The number of carbonyl (C=O) groups excluding carboxylic acids is 1. The molecule has 5 fully saturated rings. The van der Waals surface area contributed by atoms with E-state index in [-0.39, 0.29) is 53.1 Å². The zero-order valence-electron chi connectivity index (χ0n) is 42.5. The molecule has 3 saturated heterocycles. The van der Waals surface area contributed by atoms with Crippen molar-refractivity contribution in [2.75, 3.05) is 87.9 Å². The van der Waals surface area contributed by atoms with Crippen LogP contribution in [0, 0.1) is 21.4 Å². The number of pyridine rings is 1. The maximum absolute atomic E-state index is 13.6. The maximum atomic E-state index is 13.6. The summed E-state index contributed by atoms with van der Waals surface area (Å²) in [6, 6.07) is 20.1. The molecule has 10 rings (SSSR count). The summed E-state index contributed by atoms with van der Waals surface area (Å²) >= 11 is 0. The number of piperidine rings is 1. The second-order valence-corrected chi connectivity index (χ2v) is 23.3. The van der Waals surface area contributed by atoms with E-state index in [9.17, 15) is 28.4 Å². The molecule has 2 atom stereocenters. The predicted octanol–water partition coefficient (Wildman–Crippen LogP) is 7.16. The second kappa shape index (κ2) is 20.9. The van der Waals surface area contributed by atoms with Crippen LogP contribution in [0.4, 0.5) is 22.9 Å². The number of nitrogens with zero attached hydrogens (tertiary/aromatic N) is 6. The van der Waals surface area contributed by atoms with Crippen LogP contribution < -0.4 is 34.0 Å². The molecule has 0 unspecified atom stereocenters. The molecule has 3 aromatic carbocycles. The summed E-state index contributed by atoms with van der Waals surface area (Å²) in [7, 11) is -2.80. The van der Waals surface area contributed by atoms with E-state index < -0.39 is 37.0 Å². The van der Waals surface area contributed by atoms with Crippen LogP contribution in [0.15, 0.2) is 77.8 Å².